The summed E-state index contributed by atoms with van der Waals surface area (Å²) in [4.78, 5) is 13.1. The number of benzene rings is 3. The molecule has 0 bridgehead atoms. The van der Waals surface area contributed by atoms with Gasteiger partial charge in [-0.2, -0.15) is 4.98 Å². The molecule has 1 aromatic heterocycles. The van der Waals surface area contributed by atoms with Gasteiger partial charge in [-0.3, -0.25) is 0 Å². The highest BCUT2D eigenvalue weighted by molar-refractivity contribution is 6.01. The Kier molecular flexibility index (Phi) is 4.22. The van der Waals surface area contributed by atoms with Gasteiger partial charge in [0.15, 0.2) is 5.82 Å². The number of hydrogen-bond acceptors (Lipinski definition) is 6. The van der Waals surface area contributed by atoms with E-state index in [9.17, 15) is 5.11 Å². The topological polar surface area (TPSA) is 78.5 Å². The molecule has 1 fully saturated rings. The summed E-state index contributed by atoms with van der Waals surface area (Å²) in [7, 11) is 4.06. The lowest BCUT2D eigenvalue weighted by molar-refractivity contribution is 0.245. The molecule has 0 unspecified atom stereocenters. The maximum absolute atomic E-state index is 15.7. The predicted molar refractivity (Wildman–Crippen MR) is 118 cm³/mol. The quantitative estimate of drug-likeness (QED) is 0.544. The van der Waals surface area contributed by atoms with Crippen molar-refractivity contribution < 1.29 is 9.50 Å². The molecule has 0 atom stereocenters. The molecule has 7 heteroatoms. The van der Waals surface area contributed by atoms with Gasteiger partial charge in [0.05, 0.1) is 0 Å². The number of aromatic hydroxyl groups is 1. The van der Waals surface area contributed by atoms with Crippen molar-refractivity contribution in [3.05, 3.63) is 54.3 Å². The van der Waals surface area contributed by atoms with E-state index < -0.39 is 5.82 Å². The van der Waals surface area contributed by atoms with E-state index in [0.717, 1.165) is 23.9 Å². The number of hydrogen-bond donors (Lipinski definition) is 2. The molecule has 1 saturated heterocycles. The number of nitrogens with zero attached hydrogens (tertiary/aromatic N) is 4. The Balaban J connectivity index is 1.66. The molecule has 0 saturated carbocycles. The summed E-state index contributed by atoms with van der Waals surface area (Å²) in [5.74, 6) is 0.314. The maximum atomic E-state index is 15.7. The van der Waals surface area contributed by atoms with Crippen LogP contribution in [0.25, 0.3) is 32.8 Å². The second-order valence-electron chi connectivity index (χ2n) is 7.97. The van der Waals surface area contributed by atoms with Crippen LogP contribution in [0.15, 0.2) is 48.5 Å². The molecule has 0 radical (unpaired) electrons. The molecule has 30 heavy (non-hydrogen) atoms. The van der Waals surface area contributed by atoms with Crippen LogP contribution in [0.2, 0.25) is 0 Å². The van der Waals surface area contributed by atoms with E-state index in [1.807, 2.05) is 43.3 Å². The number of likely N-dealkylation sites (N-methyl/N-ethyl adjacent to an activating group) is 1. The molecule has 4 aromatic rings. The van der Waals surface area contributed by atoms with Crippen molar-refractivity contribution in [2.75, 3.05) is 37.8 Å². The van der Waals surface area contributed by atoms with Crippen molar-refractivity contribution in [1.29, 1.82) is 0 Å². The molecule has 0 spiro atoms. The fourth-order valence-corrected chi connectivity index (χ4v) is 3.99. The van der Waals surface area contributed by atoms with Crippen LogP contribution in [0, 0.1) is 5.82 Å². The van der Waals surface area contributed by atoms with Crippen molar-refractivity contribution in [2.24, 2.45) is 0 Å². The van der Waals surface area contributed by atoms with Crippen LogP contribution in [0.1, 0.15) is 0 Å². The lowest BCUT2D eigenvalue weighted by Crippen LogP contribution is -2.58. The average Bonchev–Trinajstić information content (AvgIpc) is 2.67. The zero-order valence-electron chi connectivity index (χ0n) is 16.8. The SMILES string of the molecule is CN(C)C1CN(c2nc(N)c3ccc(-c4cc(O)cc5ccccc45)c(F)c3n2)C1. The smallest absolute Gasteiger partial charge is 0.228 e. The second-order valence-corrected chi connectivity index (χ2v) is 7.97. The van der Waals surface area contributed by atoms with Gasteiger partial charge in [0.25, 0.3) is 0 Å². The first-order chi connectivity index (χ1) is 14.4. The van der Waals surface area contributed by atoms with E-state index in [0.29, 0.717) is 28.5 Å². The number of phenols is 1. The van der Waals surface area contributed by atoms with Crippen LogP contribution in [0.3, 0.4) is 0 Å². The maximum Gasteiger partial charge on any atom is 0.228 e. The fraction of sp³-hybridized carbons (Fsp3) is 0.217. The van der Waals surface area contributed by atoms with E-state index >= 15 is 4.39 Å². The molecule has 6 nitrogen and oxygen atoms in total. The van der Waals surface area contributed by atoms with Crippen LogP contribution in [-0.4, -0.2) is 53.2 Å². The van der Waals surface area contributed by atoms with Gasteiger partial charge in [-0.05, 0) is 48.6 Å². The molecule has 1 aliphatic rings. The number of fused-ring (bicyclic) bond motifs is 2. The van der Waals surface area contributed by atoms with E-state index in [1.54, 1.807) is 24.3 Å². The summed E-state index contributed by atoms with van der Waals surface area (Å²) >= 11 is 0. The third kappa shape index (κ3) is 2.90. The number of nitrogen functional groups attached to an aromatic ring is 1. The third-order valence-corrected chi connectivity index (χ3v) is 5.84. The standard InChI is InChI=1S/C23H22FN5O/c1-28(2)14-11-29(12-14)23-26-21-18(22(25)27-23)8-7-17(20(21)24)19-10-15(30)9-13-5-3-4-6-16(13)19/h3-10,14,30H,11-12H2,1-2H3,(H2,25,26,27). The third-order valence-electron chi connectivity index (χ3n) is 5.84. The van der Waals surface area contributed by atoms with Crippen LogP contribution < -0.4 is 10.6 Å². The summed E-state index contributed by atoms with van der Waals surface area (Å²) in [6, 6.07) is 14.7. The zero-order valence-corrected chi connectivity index (χ0v) is 16.8. The van der Waals surface area contributed by atoms with Crippen molar-refractivity contribution in [3.63, 3.8) is 0 Å². The Labute approximate surface area is 173 Å². The summed E-state index contributed by atoms with van der Waals surface area (Å²) in [6.45, 7) is 1.55. The first kappa shape index (κ1) is 18.6. The fourth-order valence-electron chi connectivity index (χ4n) is 3.99. The molecule has 3 N–H and O–H groups in total. The van der Waals surface area contributed by atoms with E-state index in [2.05, 4.69) is 14.9 Å². The summed E-state index contributed by atoms with van der Waals surface area (Å²) < 4.78 is 15.7. The van der Waals surface area contributed by atoms with Crippen LogP contribution in [0.5, 0.6) is 5.75 Å². The number of halogens is 1. The highest BCUT2D eigenvalue weighted by atomic mass is 19.1. The summed E-state index contributed by atoms with van der Waals surface area (Å²) in [5.41, 5.74) is 7.32. The first-order valence-corrected chi connectivity index (χ1v) is 9.81. The molecular formula is C23H22FN5O. The largest absolute Gasteiger partial charge is 0.508 e. The van der Waals surface area contributed by atoms with Crippen molar-refractivity contribution >= 4 is 33.4 Å². The highest BCUT2D eigenvalue weighted by Gasteiger charge is 2.31. The second kappa shape index (κ2) is 6.81. The van der Waals surface area contributed by atoms with Gasteiger partial charge in [-0.1, -0.05) is 30.3 Å². The highest BCUT2D eigenvalue weighted by Crippen LogP contribution is 2.37. The van der Waals surface area contributed by atoms with Crippen molar-refractivity contribution in [1.82, 2.24) is 14.9 Å². The normalized spacial score (nSPS) is 14.6. The minimum Gasteiger partial charge on any atom is -0.508 e. The molecule has 0 aliphatic carbocycles. The summed E-state index contributed by atoms with van der Waals surface area (Å²) in [5, 5.41) is 12.3. The molecule has 152 valence electrons. The Morgan fingerprint density at radius 3 is 2.57 bits per heavy atom. The van der Waals surface area contributed by atoms with Crippen molar-refractivity contribution in [2.45, 2.75) is 6.04 Å². The average molecular weight is 403 g/mol. The summed E-state index contributed by atoms with van der Waals surface area (Å²) in [6.07, 6.45) is 0. The van der Waals surface area contributed by atoms with E-state index in [-0.39, 0.29) is 17.1 Å². The molecule has 3 aromatic carbocycles. The molecule has 2 heterocycles. The van der Waals surface area contributed by atoms with E-state index in [4.69, 9.17) is 5.73 Å². The van der Waals surface area contributed by atoms with Gasteiger partial charge >= 0.3 is 0 Å². The van der Waals surface area contributed by atoms with Gasteiger partial charge in [-0.25, -0.2) is 9.37 Å². The molecular weight excluding hydrogens is 381 g/mol. The minimum atomic E-state index is -0.469. The Bertz CT molecular complexity index is 1280. The van der Waals surface area contributed by atoms with Gasteiger partial charge in [0, 0.05) is 30.1 Å². The van der Waals surface area contributed by atoms with Crippen LogP contribution in [-0.2, 0) is 0 Å². The predicted octanol–water partition coefficient (Wildman–Crippen LogP) is 3.63. The van der Waals surface area contributed by atoms with E-state index in [1.165, 1.54) is 0 Å². The molecule has 0 amide bonds. The number of phenolic OH excluding ortho intramolecular Hbond substituents is 1. The van der Waals surface area contributed by atoms with Crippen LogP contribution >= 0.6 is 0 Å². The monoisotopic (exact) mass is 403 g/mol. The zero-order chi connectivity index (χ0) is 21.0. The first-order valence-electron chi connectivity index (χ1n) is 9.81. The number of anilines is 2. The van der Waals surface area contributed by atoms with Crippen LogP contribution in [0.4, 0.5) is 16.2 Å². The lowest BCUT2D eigenvalue weighted by Gasteiger charge is -2.42. The van der Waals surface area contributed by atoms with Gasteiger partial charge in [-0.15, -0.1) is 0 Å². The molecule has 1 aliphatic heterocycles. The number of aromatic nitrogens is 2. The lowest BCUT2D eigenvalue weighted by atomic mass is 9.96. The van der Waals surface area contributed by atoms with Crippen molar-refractivity contribution in [3.8, 4) is 16.9 Å². The molecule has 5 rings (SSSR count). The van der Waals surface area contributed by atoms with Gasteiger partial charge < -0.3 is 20.6 Å². The number of rotatable bonds is 3. The minimum absolute atomic E-state index is 0.0846. The van der Waals surface area contributed by atoms with Gasteiger partial charge in [0.2, 0.25) is 5.95 Å². The Morgan fingerprint density at radius 1 is 1.03 bits per heavy atom. The Morgan fingerprint density at radius 2 is 1.80 bits per heavy atom. The number of nitrogens with two attached hydrogens (primary N) is 1. The van der Waals surface area contributed by atoms with Gasteiger partial charge in [0.1, 0.15) is 17.1 Å². The Hall–Kier alpha value is -3.45.